The van der Waals surface area contributed by atoms with Crippen molar-refractivity contribution in [3.8, 4) is 11.3 Å². The number of rotatable bonds is 9. The van der Waals surface area contributed by atoms with Crippen LogP contribution in [0.5, 0.6) is 0 Å². The first-order valence-corrected chi connectivity index (χ1v) is 12.8. The summed E-state index contributed by atoms with van der Waals surface area (Å²) in [6.07, 6.45) is -4.47. The molecule has 0 atom stereocenters. The summed E-state index contributed by atoms with van der Waals surface area (Å²) in [6, 6.07) is 12.1. The van der Waals surface area contributed by atoms with Crippen molar-refractivity contribution in [1.29, 1.82) is 0 Å². The van der Waals surface area contributed by atoms with Gasteiger partial charge < -0.3 is 10.2 Å². The van der Waals surface area contributed by atoms with Gasteiger partial charge in [-0.1, -0.05) is 18.7 Å². The van der Waals surface area contributed by atoms with Crippen molar-refractivity contribution in [3.63, 3.8) is 0 Å². The van der Waals surface area contributed by atoms with Crippen molar-refractivity contribution < 1.29 is 30.8 Å². The average Bonchev–Trinajstić information content (AvgIpc) is 2.87. The topological polar surface area (TPSA) is 82.6 Å². The van der Waals surface area contributed by atoms with Gasteiger partial charge in [-0.15, -0.1) is 0 Å². The van der Waals surface area contributed by atoms with E-state index in [1.165, 1.54) is 19.1 Å². The number of pyridine rings is 1. The van der Waals surface area contributed by atoms with Crippen LogP contribution < -0.4 is 10.2 Å². The minimum atomic E-state index is -4.47. The van der Waals surface area contributed by atoms with E-state index in [0.717, 1.165) is 40.7 Å². The zero-order chi connectivity index (χ0) is 28.3. The van der Waals surface area contributed by atoms with Gasteiger partial charge in [0.25, 0.3) is 15.9 Å². The number of aromatic nitrogens is 1. The summed E-state index contributed by atoms with van der Waals surface area (Å²) in [4.78, 5) is 18.8. The first kappa shape index (κ1) is 28.6. The van der Waals surface area contributed by atoms with E-state index in [2.05, 4.69) is 16.9 Å². The molecule has 38 heavy (non-hydrogen) atoms. The monoisotopic (exact) mass is 550 g/mol. The molecule has 3 rings (SSSR count). The van der Waals surface area contributed by atoms with Crippen LogP contribution in [0.15, 0.2) is 77.8 Å². The van der Waals surface area contributed by atoms with Crippen molar-refractivity contribution in [2.75, 3.05) is 25.5 Å². The van der Waals surface area contributed by atoms with Gasteiger partial charge in [0, 0.05) is 32.7 Å². The van der Waals surface area contributed by atoms with Crippen molar-refractivity contribution in [2.24, 2.45) is 0 Å². The Hall–Kier alpha value is -3.93. The van der Waals surface area contributed by atoms with E-state index in [9.17, 15) is 30.8 Å². The van der Waals surface area contributed by atoms with E-state index < -0.39 is 33.5 Å². The molecule has 2 aromatic carbocycles. The Morgan fingerprint density at radius 3 is 2.16 bits per heavy atom. The summed E-state index contributed by atoms with van der Waals surface area (Å²) in [5, 5.41) is 2.62. The van der Waals surface area contributed by atoms with E-state index in [0.29, 0.717) is 22.6 Å². The summed E-state index contributed by atoms with van der Waals surface area (Å²) in [7, 11) is -0.683. The Bertz CT molecular complexity index is 1420. The molecule has 12 heteroatoms. The van der Waals surface area contributed by atoms with Crippen LogP contribution in [0.3, 0.4) is 0 Å². The second kappa shape index (κ2) is 11.2. The fourth-order valence-electron chi connectivity index (χ4n) is 3.52. The fourth-order valence-corrected chi connectivity index (χ4v) is 4.96. The van der Waals surface area contributed by atoms with Gasteiger partial charge in [0.15, 0.2) is 0 Å². The lowest BCUT2D eigenvalue weighted by atomic mass is 10.1. The number of amides is 1. The maximum Gasteiger partial charge on any atom is 0.416 e. The van der Waals surface area contributed by atoms with Gasteiger partial charge in [0.1, 0.15) is 17.3 Å². The molecule has 3 aromatic rings. The Kier molecular flexibility index (Phi) is 8.45. The maximum atomic E-state index is 13.2. The zero-order valence-corrected chi connectivity index (χ0v) is 21.7. The molecule has 202 valence electrons. The van der Waals surface area contributed by atoms with Gasteiger partial charge in [0.2, 0.25) is 0 Å². The smallest absolute Gasteiger partial charge is 0.363 e. The molecular weight excluding hydrogens is 524 g/mol. The largest absolute Gasteiger partial charge is 0.416 e. The highest BCUT2D eigenvalue weighted by molar-refractivity contribution is 7.89. The average molecular weight is 551 g/mol. The molecule has 0 saturated heterocycles. The Morgan fingerprint density at radius 2 is 1.63 bits per heavy atom. The molecule has 0 bridgehead atoms. The number of benzene rings is 2. The molecule has 0 radical (unpaired) electrons. The fraction of sp³-hybridized carbons (Fsp3) is 0.231. The summed E-state index contributed by atoms with van der Waals surface area (Å²) < 4.78 is 78.8. The van der Waals surface area contributed by atoms with Crippen LogP contribution in [0.25, 0.3) is 11.3 Å². The number of nitrogens with zero attached hydrogens (tertiary/aromatic N) is 3. The van der Waals surface area contributed by atoms with E-state index in [4.69, 9.17) is 0 Å². The summed E-state index contributed by atoms with van der Waals surface area (Å²) in [5.74, 6) is -0.856. The summed E-state index contributed by atoms with van der Waals surface area (Å²) >= 11 is 0. The van der Waals surface area contributed by atoms with Gasteiger partial charge in [-0.05, 0) is 61.0 Å². The molecule has 0 fully saturated rings. The third-order valence-electron chi connectivity index (χ3n) is 5.54. The molecule has 0 aliphatic rings. The van der Waals surface area contributed by atoms with Crippen LogP contribution in [-0.4, -0.2) is 44.3 Å². The molecule has 1 heterocycles. The van der Waals surface area contributed by atoms with Gasteiger partial charge in [-0.3, -0.25) is 9.10 Å². The minimum absolute atomic E-state index is 0.0387. The van der Waals surface area contributed by atoms with Crippen LogP contribution >= 0.6 is 0 Å². The lowest BCUT2D eigenvalue weighted by molar-refractivity contribution is -0.137. The highest BCUT2D eigenvalue weighted by Crippen LogP contribution is 2.31. The number of hydrogen-bond acceptors (Lipinski definition) is 5. The van der Waals surface area contributed by atoms with Gasteiger partial charge >= 0.3 is 6.18 Å². The zero-order valence-electron chi connectivity index (χ0n) is 20.9. The highest BCUT2D eigenvalue weighted by atomic mass is 32.2. The van der Waals surface area contributed by atoms with Gasteiger partial charge in [-0.25, -0.2) is 17.8 Å². The molecule has 1 N–H and O–H groups in total. The molecular formula is C26H26F4N4O3S. The molecule has 0 unspecified atom stereocenters. The quantitative estimate of drug-likeness (QED) is 0.305. The van der Waals surface area contributed by atoms with Crippen LogP contribution in [0.1, 0.15) is 18.1 Å². The lowest BCUT2D eigenvalue weighted by Gasteiger charge is -2.24. The normalized spacial score (nSPS) is 11.7. The number of nitrogens with one attached hydrogen (secondary N) is 1. The van der Waals surface area contributed by atoms with Gasteiger partial charge in [-0.2, -0.15) is 13.2 Å². The second-order valence-corrected chi connectivity index (χ2v) is 10.3. The first-order valence-electron chi connectivity index (χ1n) is 11.4. The van der Waals surface area contributed by atoms with Crippen LogP contribution in [0.2, 0.25) is 0 Å². The Labute approximate surface area is 218 Å². The summed E-state index contributed by atoms with van der Waals surface area (Å²) in [5.41, 5.74) is 0.293. The Balaban J connectivity index is 1.81. The molecule has 1 amide bonds. The van der Waals surface area contributed by atoms with Crippen molar-refractivity contribution >= 4 is 21.7 Å². The third-order valence-corrected chi connectivity index (χ3v) is 7.47. The number of likely N-dealkylation sites (N-methyl/N-ethyl adjacent to an activating group) is 1. The standard InChI is InChI=1S/C26H26F4N4O3S/c1-5-34(38(36,37)22-12-10-21(27)11-13-22)17(2)25(35)31-16-18-14-23(32-24(15-18)33(3)4)19-6-8-20(9-7-19)26(28,29)30/h6-15H,2,5,16H2,1,3-4H3,(H,31,35). The molecule has 0 saturated carbocycles. The summed E-state index contributed by atoms with van der Waals surface area (Å²) in [6.45, 7) is 5.03. The number of halogens is 4. The number of sulfonamides is 1. The predicted octanol–water partition coefficient (Wildman–Crippen LogP) is 4.81. The van der Waals surface area contributed by atoms with Crippen molar-refractivity contribution in [3.05, 3.63) is 89.9 Å². The Morgan fingerprint density at radius 1 is 1.03 bits per heavy atom. The van der Waals surface area contributed by atoms with E-state index in [-0.39, 0.29) is 23.7 Å². The first-order chi connectivity index (χ1) is 17.7. The molecule has 0 spiro atoms. The third kappa shape index (κ3) is 6.49. The van der Waals surface area contributed by atoms with Gasteiger partial charge in [0.05, 0.1) is 16.2 Å². The van der Waals surface area contributed by atoms with Crippen molar-refractivity contribution in [1.82, 2.24) is 14.6 Å². The van der Waals surface area contributed by atoms with E-state index in [1.54, 1.807) is 31.1 Å². The van der Waals surface area contributed by atoms with Crippen LogP contribution in [-0.2, 0) is 27.5 Å². The SMILES string of the molecule is C=C(C(=O)NCc1cc(-c2ccc(C(F)(F)F)cc2)nc(N(C)C)c1)N(CC)S(=O)(=O)c1ccc(F)cc1. The second-order valence-electron chi connectivity index (χ2n) is 8.44. The number of carbonyl (C=O) groups is 1. The number of carbonyl (C=O) groups excluding carboxylic acids is 1. The number of alkyl halides is 3. The van der Waals surface area contributed by atoms with Crippen LogP contribution in [0.4, 0.5) is 23.4 Å². The van der Waals surface area contributed by atoms with E-state index in [1.807, 2.05) is 0 Å². The highest BCUT2D eigenvalue weighted by Gasteiger charge is 2.30. The molecule has 1 aromatic heterocycles. The molecule has 0 aliphatic heterocycles. The molecule has 0 aliphatic carbocycles. The predicted molar refractivity (Wildman–Crippen MR) is 136 cm³/mol. The van der Waals surface area contributed by atoms with Crippen molar-refractivity contribution in [2.45, 2.75) is 24.5 Å². The lowest BCUT2D eigenvalue weighted by Crippen LogP contribution is -2.38. The molecule has 7 nitrogen and oxygen atoms in total. The number of anilines is 1. The minimum Gasteiger partial charge on any atom is -0.363 e. The number of hydrogen-bond donors (Lipinski definition) is 1. The maximum absolute atomic E-state index is 13.2. The van der Waals surface area contributed by atoms with E-state index >= 15 is 0 Å². The van der Waals surface area contributed by atoms with Crippen LogP contribution in [0, 0.1) is 5.82 Å².